The number of rotatable bonds is 3. The fourth-order valence-electron chi connectivity index (χ4n) is 3.62. The van der Waals surface area contributed by atoms with Crippen LogP contribution >= 0.6 is 11.6 Å². The van der Waals surface area contributed by atoms with Crippen molar-refractivity contribution in [3.05, 3.63) is 17.3 Å². The van der Waals surface area contributed by atoms with Gasteiger partial charge in [0.25, 0.3) is 0 Å². The molecule has 0 unspecified atom stereocenters. The first kappa shape index (κ1) is 16.5. The number of anilines is 1. The second kappa shape index (κ2) is 7.95. The number of carbonyl (C=O) groups excluding carboxylic acids is 1. The Balaban J connectivity index is 1.56. The number of piperidine rings is 1. The monoisotopic (exact) mass is 336 g/mol. The van der Waals surface area contributed by atoms with Gasteiger partial charge in [0.2, 0.25) is 5.91 Å². The first-order valence-corrected chi connectivity index (χ1v) is 9.15. The summed E-state index contributed by atoms with van der Waals surface area (Å²) in [5, 5.41) is 11.7. The predicted molar refractivity (Wildman–Crippen MR) is 91.6 cm³/mol. The van der Waals surface area contributed by atoms with Crippen molar-refractivity contribution in [2.24, 2.45) is 5.92 Å². The van der Waals surface area contributed by atoms with Crippen LogP contribution in [-0.2, 0) is 4.79 Å². The summed E-state index contributed by atoms with van der Waals surface area (Å²) < 4.78 is 0. The lowest BCUT2D eigenvalue weighted by Gasteiger charge is -2.33. The van der Waals surface area contributed by atoms with Crippen LogP contribution in [-0.4, -0.2) is 35.2 Å². The molecule has 1 aromatic heterocycles. The van der Waals surface area contributed by atoms with Crippen molar-refractivity contribution in [1.82, 2.24) is 15.5 Å². The third-order valence-corrected chi connectivity index (χ3v) is 5.14. The molecular formula is C17H25ClN4O. The fourth-order valence-corrected chi connectivity index (χ4v) is 3.72. The Hall–Kier alpha value is -1.36. The number of nitrogens with one attached hydrogen (secondary N) is 1. The van der Waals surface area contributed by atoms with Crippen LogP contribution in [0.3, 0.4) is 0 Å². The number of hydrogen-bond acceptors (Lipinski definition) is 4. The zero-order chi connectivity index (χ0) is 16.1. The van der Waals surface area contributed by atoms with E-state index in [4.69, 9.17) is 11.6 Å². The first-order valence-electron chi connectivity index (χ1n) is 8.77. The van der Waals surface area contributed by atoms with Gasteiger partial charge in [-0.25, -0.2) is 0 Å². The number of hydrogen-bond donors (Lipinski definition) is 1. The molecule has 0 spiro atoms. The van der Waals surface area contributed by atoms with Gasteiger partial charge in [0.15, 0.2) is 11.0 Å². The Bertz CT molecular complexity index is 514. The van der Waals surface area contributed by atoms with Gasteiger partial charge >= 0.3 is 0 Å². The molecule has 3 rings (SSSR count). The Labute approximate surface area is 142 Å². The summed E-state index contributed by atoms with van der Waals surface area (Å²) in [6.45, 7) is 1.64. The van der Waals surface area contributed by atoms with Crippen molar-refractivity contribution < 1.29 is 4.79 Å². The summed E-state index contributed by atoms with van der Waals surface area (Å²) in [7, 11) is 0. The number of aromatic nitrogens is 2. The fraction of sp³-hybridized carbons (Fsp3) is 0.706. The molecule has 0 aromatic carbocycles. The summed E-state index contributed by atoms with van der Waals surface area (Å²) in [6.07, 6.45) is 9.31. The van der Waals surface area contributed by atoms with Crippen molar-refractivity contribution in [2.75, 3.05) is 18.0 Å². The maximum absolute atomic E-state index is 12.6. The van der Waals surface area contributed by atoms with Crippen LogP contribution in [0.4, 0.5) is 5.82 Å². The van der Waals surface area contributed by atoms with E-state index in [2.05, 4.69) is 20.4 Å². The molecule has 5 nitrogen and oxygen atoms in total. The third kappa shape index (κ3) is 4.56. The highest BCUT2D eigenvalue weighted by Crippen LogP contribution is 2.23. The summed E-state index contributed by atoms with van der Waals surface area (Å²) in [6, 6.07) is 4.00. The molecule has 1 amide bonds. The maximum Gasteiger partial charge on any atom is 0.225 e. The Morgan fingerprint density at radius 3 is 2.57 bits per heavy atom. The van der Waals surface area contributed by atoms with E-state index in [9.17, 15) is 4.79 Å². The molecule has 1 saturated heterocycles. The number of carbonyl (C=O) groups is 1. The van der Waals surface area contributed by atoms with Crippen LogP contribution in [0, 0.1) is 5.92 Å². The van der Waals surface area contributed by atoms with Gasteiger partial charge in [0.05, 0.1) is 5.92 Å². The smallest absolute Gasteiger partial charge is 0.225 e. The molecule has 0 radical (unpaired) electrons. The summed E-state index contributed by atoms with van der Waals surface area (Å²) in [4.78, 5) is 14.8. The van der Waals surface area contributed by atoms with Crippen LogP contribution < -0.4 is 10.2 Å². The van der Waals surface area contributed by atoms with Crippen LogP contribution in [0.1, 0.15) is 51.4 Å². The molecular weight excluding hydrogens is 312 g/mol. The third-order valence-electron chi connectivity index (χ3n) is 4.94. The molecule has 1 atom stereocenters. The van der Waals surface area contributed by atoms with Gasteiger partial charge in [-0.3, -0.25) is 4.79 Å². The number of nitrogens with zero attached hydrogens (tertiary/aromatic N) is 3. The van der Waals surface area contributed by atoms with Crippen LogP contribution in [0.15, 0.2) is 12.1 Å². The average Bonchev–Trinajstić information content (AvgIpc) is 2.84. The minimum absolute atomic E-state index is 0.0458. The second-order valence-corrected chi connectivity index (χ2v) is 7.08. The van der Waals surface area contributed by atoms with E-state index in [1.165, 1.54) is 25.7 Å². The van der Waals surface area contributed by atoms with Gasteiger partial charge in [-0.05, 0) is 37.8 Å². The molecule has 23 heavy (non-hydrogen) atoms. The standard InChI is InChI=1S/C17H25ClN4O/c18-15-9-10-16(21-20-15)22-11-5-6-13(12-22)17(23)19-14-7-3-1-2-4-8-14/h9-10,13-14H,1-8,11-12H2,(H,19,23)/t13-/m0/s1. The molecule has 6 heteroatoms. The van der Waals surface area contributed by atoms with Crippen molar-refractivity contribution in [2.45, 2.75) is 57.4 Å². The van der Waals surface area contributed by atoms with E-state index in [0.29, 0.717) is 11.2 Å². The quantitative estimate of drug-likeness (QED) is 0.861. The summed E-state index contributed by atoms with van der Waals surface area (Å²) in [5.74, 6) is 1.06. The van der Waals surface area contributed by atoms with Gasteiger partial charge in [-0.1, -0.05) is 37.3 Å². The van der Waals surface area contributed by atoms with E-state index >= 15 is 0 Å². The van der Waals surface area contributed by atoms with E-state index in [1.54, 1.807) is 6.07 Å². The van der Waals surface area contributed by atoms with Gasteiger partial charge < -0.3 is 10.2 Å². The van der Waals surface area contributed by atoms with Crippen LogP contribution in [0.5, 0.6) is 0 Å². The van der Waals surface area contributed by atoms with Crippen molar-refractivity contribution >= 4 is 23.3 Å². The Morgan fingerprint density at radius 1 is 1.09 bits per heavy atom. The average molecular weight is 337 g/mol. The topological polar surface area (TPSA) is 58.1 Å². The lowest BCUT2D eigenvalue weighted by atomic mass is 9.96. The molecule has 126 valence electrons. The molecule has 1 aliphatic heterocycles. The Kier molecular flexibility index (Phi) is 5.70. The SMILES string of the molecule is O=C(NC1CCCCCC1)[C@H]1CCCN(c2ccc(Cl)nn2)C1. The molecule has 1 N–H and O–H groups in total. The summed E-state index contributed by atoms with van der Waals surface area (Å²) >= 11 is 5.80. The molecule has 0 bridgehead atoms. The van der Waals surface area contributed by atoms with Gasteiger partial charge in [0.1, 0.15) is 0 Å². The molecule has 2 heterocycles. The van der Waals surface area contributed by atoms with Crippen molar-refractivity contribution in [1.29, 1.82) is 0 Å². The summed E-state index contributed by atoms with van der Waals surface area (Å²) in [5.41, 5.74) is 0. The highest BCUT2D eigenvalue weighted by Gasteiger charge is 2.28. The minimum Gasteiger partial charge on any atom is -0.354 e. The van der Waals surface area contributed by atoms with E-state index in [0.717, 1.165) is 44.6 Å². The van der Waals surface area contributed by atoms with Crippen molar-refractivity contribution in [3.63, 3.8) is 0 Å². The normalized spacial score (nSPS) is 23.3. The zero-order valence-electron chi connectivity index (χ0n) is 13.5. The second-order valence-electron chi connectivity index (χ2n) is 6.70. The highest BCUT2D eigenvalue weighted by atomic mass is 35.5. The molecule has 1 aliphatic carbocycles. The van der Waals surface area contributed by atoms with Gasteiger partial charge in [-0.15, -0.1) is 10.2 Å². The maximum atomic E-state index is 12.6. The molecule has 1 aromatic rings. The highest BCUT2D eigenvalue weighted by molar-refractivity contribution is 6.29. The minimum atomic E-state index is 0.0458. The lowest BCUT2D eigenvalue weighted by Crippen LogP contribution is -2.46. The van der Waals surface area contributed by atoms with Gasteiger partial charge in [0, 0.05) is 19.1 Å². The Morgan fingerprint density at radius 2 is 1.87 bits per heavy atom. The van der Waals surface area contributed by atoms with Gasteiger partial charge in [-0.2, -0.15) is 0 Å². The molecule has 2 aliphatic rings. The van der Waals surface area contributed by atoms with Crippen LogP contribution in [0.2, 0.25) is 5.15 Å². The number of halogens is 1. The first-order chi connectivity index (χ1) is 11.2. The van der Waals surface area contributed by atoms with E-state index < -0.39 is 0 Å². The van der Waals surface area contributed by atoms with E-state index in [1.807, 2.05) is 6.07 Å². The largest absolute Gasteiger partial charge is 0.354 e. The van der Waals surface area contributed by atoms with Crippen LogP contribution in [0.25, 0.3) is 0 Å². The molecule has 1 saturated carbocycles. The molecule has 2 fully saturated rings. The predicted octanol–water partition coefficient (Wildman–Crippen LogP) is 3.19. The van der Waals surface area contributed by atoms with Crippen molar-refractivity contribution in [3.8, 4) is 0 Å². The van der Waals surface area contributed by atoms with E-state index in [-0.39, 0.29) is 11.8 Å². The number of amides is 1. The lowest BCUT2D eigenvalue weighted by molar-refractivity contribution is -0.126. The zero-order valence-corrected chi connectivity index (χ0v) is 14.3.